The lowest BCUT2D eigenvalue weighted by molar-refractivity contribution is -0.132. The fourth-order valence-electron chi connectivity index (χ4n) is 3.56. The Balaban J connectivity index is 1.65. The summed E-state index contributed by atoms with van der Waals surface area (Å²) in [5.74, 6) is -0.0138. The first-order valence-electron chi connectivity index (χ1n) is 9.62. The van der Waals surface area contributed by atoms with E-state index in [1.807, 2.05) is 63.2 Å². The molecule has 28 heavy (non-hydrogen) atoms. The molecular formula is C22H28N2O3S. The van der Waals surface area contributed by atoms with Gasteiger partial charge in [-0.1, -0.05) is 49.4 Å². The molecule has 0 saturated carbocycles. The van der Waals surface area contributed by atoms with Crippen molar-refractivity contribution < 1.29 is 13.2 Å². The molecule has 0 aromatic heterocycles. The first-order valence-corrected chi connectivity index (χ1v) is 11.1. The van der Waals surface area contributed by atoms with E-state index < -0.39 is 15.4 Å². The zero-order chi connectivity index (χ0) is 20.4. The number of aryl methyl sites for hydroxylation is 2. The van der Waals surface area contributed by atoms with Gasteiger partial charge in [-0.25, -0.2) is 8.42 Å². The molecule has 1 heterocycles. The van der Waals surface area contributed by atoms with Gasteiger partial charge in [0.25, 0.3) is 0 Å². The van der Waals surface area contributed by atoms with E-state index in [-0.39, 0.29) is 5.91 Å². The second kappa shape index (κ2) is 8.05. The van der Waals surface area contributed by atoms with Crippen LogP contribution >= 0.6 is 0 Å². The lowest BCUT2D eigenvalue weighted by atomic mass is 9.80. The molecule has 3 rings (SSSR count). The molecule has 1 saturated heterocycles. The van der Waals surface area contributed by atoms with Crippen LogP contribution in [0.1, 0.15) is 36.5 Å². The van der Waals surface area contributed by atoms with E-state index in [0.29, 0.717) is 37.4 Å². The minimum atomic E-state index is -3.54. The van der Waals surface area contributed by atoms with Gasteiger partial charge in [-0.05, 0) is 49.4 Å². The molecule has 0 bridgehead atoms. The highest BCUT2D eigenvalue weighted by Gasteiger charge is 2.40. The molecule has 1 amide bonds. The van der Waals surface area contributed by atoms with Gasteiger partial charge in [-0.3, -0.25) is 4.79 Å². The molecule has 1 fully saturated rings. The number of nitrogens with one attached hydrogen (secondary N) is 1. The monoisotopic (exact) mass is 400 g/mol. The second-order valence-electron chi connectivity index (χ2n) is 7.90. The van der Waals surface area contributed by atoms with Gasteiger partial charge in [0.2, 0.25) is 15.9 Å². The Hall–Kier alpha value is -2.18. The molecule has 2 aromatic carbocycles. The van der Waals surface area contributed by atoms with Crippen LogP contribution in [0.5, 0.6) is 0 Å². The Labute approximate surface area is 167 Å². The van der Waals surface area contributed by atoms with Crippen molar-refractivity contribution in [2.75, 3.05) is 13.1 Å². The Morgan fingerprint density at radius 3 is 2.36 bits per heavy atom. The number of nitrogens with zero attached hydrogens (tertiary/aromatic N) is 1. The summed E-state index contributed by atoms with van der Waals surface area (Å²) >= 11 is 0. The second-order valence-corrected chi connectivity index (χ2v) is 9.81. The molecule has 0 spiro atoms. The van der Waals surface area contributed by atoms with Gasteiger partial charge in [-0.15, -0.1) is 0 Å². The van der Waals surface area contributed by atoms with Crippen LogP contribution in [0.25, 0.3) is 0 Å². The predicted molar refractivity (Wildman–Crippen MR) is 110 cm³/mol. The minimum Gasteiger partial charge on any atom is -0.352 e. The van der Waals surface area contributed by atoms with Crippen molar-refractivity contribution in [3.8, 4) is 0 Å². The summed E-state index contributed by atoms with van der Waals surface area (Å²) in [4.78, 5) is 13.1. The Kier molecular flexibility index (Phi) is 5.91. The summed E-state index contributed by atoms with van der Waals surface area (Å²) in [6, 6.07) is 15.3. The van der Waals surface area contributed by atoms with Crippen molar-refractivity contribution in [2.24, 2.45) is 5.41 Å². The van der Waals surface area contributed by atoms with Gasteiger partial charge in [0.15, 0.2) is 0 Å². The van der Waals surface area contributed by atoms with E-state index in [0.717, 1.165) is 16.7 Å². The number of piperidine rings is 1. The largest absolute Gasteiger partial charge is 0.352 e. The van der Waals surface area contributed by atoms with Crippen molar-refractivity contribution in [3.05, 3.63) is 65.2 Å². The fraction of sp³-hybridized carbons (Fsp3) is 0.409. The summed E-state index contributed by atoms with van der Waals surface area (Å²) in [5, 5.41) is 3.00. The number of rotatable bonds is 5. The average Bonchev–Trinajstić information content (AvgIpc) is 2.69. The van der Waals surface area contributed by atoms with E-state index in [1.54, 1.807) is 6.07 Å². The summed E-state index contributed by atoms with van der Waals surface area (Å²) in [6.07, 6.45) is 1.02. The molecule has 0 aliphatic carbocycles. The number of amides is 1. The van der Waals surface area contributed by atoms with Crippen LogP contribution in [-0.2, 0) is 21.4 Å². The van der Waals surface area contributed by atoms with Gasteiger partial charge >= 0.3 is 0 Å². The lowest BCUT2D eigenvalue weighted by Crippen LogP contribution is -2.48. The van der Waals surface area contributed by atoms with Crippen molar-refractivity contribution in [1.82, 2.24) is 9.62 Å². The molecule has 1 N–H and O–H groups in total. The third-order valence-electron chi connectivity index (χ3n) is 5.63. The number of hydrogen-bond donors (Lipinski definition) is 1. The van der Waals surface area contributed by atoms with E-state index in [1.165, 1.54) is 4.31 Å². The van der Waals surface area contributed by atoms with Crippen molar-refractivity contribution >= 4 is 15.9 Å². The molecule has 5 nitrogen and oxygen atoms in total. The molecule has 0 radical (unpaired) electrons. The van der Waals surface area contributed by atoms with Crippen LogP contribution in [-0.4, -0.2) is 31.7 Å². The Morgan fingerprint density at radius 1 is 1.07 bits per heavy atom. The van der Waals surface area contributed by atoms with Crippen LogP contribution in [0.4, 0.5) is 0 Å². The SMILES string of the molecule is Cc1ccc(C)c(S(=O)(=O)N2CCC(C)(C(=O)NCc3ccccc3)CC2)c1. The van der Waals surface area contributed by atoms with Crippen molar-refractivity contribution in [2.45, 2.75) is 45.1 Å². The predicted octanol–water partition coefficient (Wildman–Crippen LogP) is 3.41. The summed E-state index contributed by atoms with van der Waals surface area (Å²) in [7, 11) is -3.54. The summed E-state index contributed by atoms with van der Waals surface area (Å²) < 4.78 is 27.7. The van der Waals surface area contributed by atoms with Gasteiger partial charge in [0.05, 0.1) is 4.90 Å². The van der Waals surface area contributed by atoms with Gasteiger partial charge in [-0.2, -0.15) is 4.31 Å². The Morgan fingerprint density at radius 2 is 1.71 bits per heavy atom. The smallest absolute Gasteiger partial charge is 0.243 e. The van der Waals surface area contributed by atoms with Crippen molar-refractivity contribution in [3.63, 3.8) is 0 Å². The van der Waals surface area contributed by atoms with Crippen LogP contribution in [0, 0.1) is 19.3 Å². The molecule has 0 unspecified atom stereocenters. The average molecular weight is 401 g/mol. The summed E-state index contributed by atoms with van der Waals surface area (Å²) in [6.45, 7) is 6.82. The lowest BCUT2D eigenvalue weighted by Gasteiger charge is -2.37. The van der Waals surface area contributed by atoms with Gasteiger partial charge in [0.1, 0.15) is 0 Å². The highest BCUT2D eigenvalue weighted by Crippen LogP contribution is 2.34. The van der Waals surface area contributed by atoms with E-state index in [4.69, 9.17) is 0 Å². The number of sulfonamides is 1. The highest BCUT2D eigenvalue weighted by atomic mass is 32.2. The standard InChI is InChI=1S/C22H28N2O3S/c1-17-9-10-18(2)20(15-17)28(26,27)24-13-11-22(3,12-14-24)21(25)23-16-19-7-5-4-6-8-19/h4-10,15H,11-14,16H2,1-3H3,(H,23,25). The maximum atomic E-state index is 13.1. The molecular weight excluding hydrogens is 372 g/mol. The Bertz CT molecular complexity index is 947. The molecule has 0 atom stereocenters. The van der Waals surface area contributed by atoms with Gasteiger partial charge in [0, 0.05) is 25.0 Å². The first-order chi connectivity index (χ1) is 13.2. The van der Waals surface area contributed by atoms with Crippen LogP contribution < -0.4 is 5.32 Å². The molecule has 150 valence electrons. The minimum absolute atomic E-state index is 0.0138. The van der Waals surface area contributed by atoms with Crippen LogP contribution in [0.2, 0.25) is 0 Å². The first kappa shape index (κ1) is 20.6. The van der Waals surface area contributed by atoms with E-state index >= 15 is 0 Å². The van der Waals surface area contributed by atoms with E-state index in [9.17, 15) is 13.2 Å². The fourth-order valence-corrected chi connectivity index (χ4v) is 5.31. The summed E-state index contributed by atoms with van der Waals surface area (Å²) in [5.41, 5.74) is 2.17. The zero-order valence-corrected chi connectivity index (χ0v) is 17.6. The molecule has 2 aromatic rings. The zero-order valence-electron chi connectivity index (χ0n) is 16.7. The molecule has 1 aliphatic heterocycles. The topological polar surface area (TPSA) is 66.5 Å². The molecule has 6 heteroatoms. The van der Waals surface area contributed by atoms with Crippen molar-refractivity contribution in [1.29, 1.82) is 0 Å². The quantitative estimate of drug-likeness (QED) is 0.836. The highest BCUT2D eigenvalue weighted by molar-refractivity contribution is 7.89. The third-order valence-corrected chi connectivity index (χ3v) is 7.67. The van der Waals surface area contributed by atoms with Crippen LogP contribution in [0.3, 0.4) is 0 Å². The number of benzene rings is 2. The van der Waals surface area contributed by atoms with E-state index in [2.05, 4.69) is 5.32 Å². The number of hydrogen-bond acceptors (Lipinski definition) is 3. The maximum Gasteiger partial charge on any atom is 0.243 e. The van der Waals surface area contributed by atoms with Gasteiger partial charge < -0.3 is 5.32 Å². The number of carbonyl (C=O) groups is 1. The normalized spacial score (nSPS) is 17.2. The molecule has 1 aliphatic rings. The maximum absolute atomic E-state index is 13.1. The third kappa shape index (κ3) is 4.28. The van der Waals surface area contributed by atoms with Crippen LogP contribution in [0.15, 0.2) is 53.4 Å². The number of carbonyl (C=O) groups excluding carboxylic acids is 1.